The summed E-state index contributed by atoms with van der Waals surface area (Å²) in [5, 5.41) is 2.70. The number of allylic oxidation sites excluding steroid dienone is 3. The lowest BCUT2D eigenvalue weighted by Crippen LogP contribution is -2.07. The van der Waals surface area contributed by atoms with Crippen LogP contribution in [0.5, 0.6) is 0 Å². The van der Waals surface area contributed by atoms with Gasteiger partial charge in [-0.25, -0.2) is 0 Å². The highest BCUT2D eigenvalue weighted by molar-refractivity contribution is 6.00. The van der Waals surface area contributed by atoms with Gasteiger partial charge in [-0.3, -0.25) is 9.59 Å². The molecule has 0 heterocycles. The zero-order chi connectivity index (χ0) is 12.7. The normalized spacial score (nSPS) is 10.9. The minimum absolute atomic E-state index is 0.0101. The maximum atomic E-state index is 11.4. The van der Waals surface area contributed by atoms with Crippen molar-refractivity contribution in [1.29, 1.82) is 0 Å². The van der Waals surface area contributed by atoms with Gasteiger partial charge in [0.25, 0.3) is 0 Å². The van der Waals surface area contributed by atoms with Crippen LogP contribution in [0.2, 0.25) is 0 Å². The Kier molecular flexibility index (Phi) is 4.88. The number of rotatable bonds is 4. The van der Waals surface area contributed by atoms with Gasteiger partial charge in [0.15, 0.2) is 5.78 Å². The molecule has 0 spiro atoms. The molecular formula is C14H15NO2. The Morgan fingerprint density at radius 2 is 1.76 bits per heavy atom. The topological polar surface area (TPSA) is 46.2 Å². The van der Waals surface area contributed by atoms with Crippen molar-refractivity contribution in [2.45, 2.75) is 13.8 Å². The lowest BCUT2D eigenvalue weighted by atomic mass is 10.1. The fraction of sp³-hybridized carbons (Fsp3) is 0.143. The lowest BCUT2D eigenvalue weighted by Gasteiger charge is -2.02. The molecule has 1 aromatic rings. The Labute approximate surface area is 101 Å². The minimum Gasteiger partial charge on any atom is -0.323 e. The number of Topliss-reactive ketones (excluding diaryl/α,β-unsaturated/α-hetero) is 1. The number of hydrogen-bond donors (Lipinski definition) is 1. The molecule has 3 heteroatoms. The number of anilines is 1. The van der Waals surface area contributed by atoms with Gasteiger partial charge in [0.1, 0.15) is 0 Å². The van der Waals surface area contributed by atoms with Crippen LogP contribution in [0.4, 0.5) is 5.69 Å². The quantitative estimate of drug-likeness (QED) is 0.490. The third kappa shape index (κ3) is 4.47. The molecule has 1 N–H and O–H groups in total. The molecule has 0 bridgehead atoms. The largest absolute Gasteiger partial charge is 0.323 e. The van der Waals surface area contributed by atoms with E-state index >= 15 is 0 Å². The van der Waals surface area contributed by atoms with Gasteiger partial charge in [-0.1, -0.05) is 18.2 Å². The molecule has 1 amide bonds. The van der Waals surface area contributed by atoms with E-state index in [0.29, 0.717) is 11.3 Å². The summed E-state index contributed by atoms with van der Waals surface area (Å²) >= 11 is 0. The second-order valence-corrected chi connectivity index (χ2v) is 3.51. The average Bonchev–Trinajstić information content (AvgIpc) is 2.30. The van der Waals surface area contributed by atoms with E-state index in [2.05, 4.69) is 5.32 Å². The second kappa shape index (κ2) is 6.43. The zero-order valence-corrected chi connectivity index (χ0v) is 9.94. The standard InChI is InChI=1S/C14H15NO2/c1-3-4-5-6-14(17)15-13-9-7-12(8-10-13)11(2)16/h3-10H,1-2H3,(H,15,17)/b4-3+,6-5+. The zero-order valence-electron chi connectivity index (χ0n) is 9.94. The Morgan fingerprint density at radius 1 is 1.12 bits per heavy atom. The molecule has 0 aliphatic heterocycles. The third-order valence-corrected chi connectivity index (χ3v) is 2.11. The fourth-order valence-corrected chi connectivity index (χ4v) is 1.23. The molecule has 0 atom stereocenters. The molecule has 0 saturated carbocycles. The van der Waals surface area contributed by atoms with Gasteiger partial charge in [0.2, 0.25) is 5.91 Å². The fourth-order valence-electron chi connectivity index (χ4n) is 1.23. The van der Waals surface area contributed by atoms with Crippen molar-refractivity contribution >= 4 is 17.4 Å². The van der Waals surface area contributed by atoms with E-state index in [0.717, 1.165) is 0 Å². The summed E-state index contributed by atoms with van der Waals surface area (Å²) in [5.74, 6) is -0.186. The van der Waals surface area contributed by atoms with Crippen LogP contribution in [-0.2, 0) is 4.79 Å². The molecule has 1 aromatic carbocycles. The molecule has 3 nitrogen and oxygen atoms in total. The summed E-state index contributed by atoms with van der Waals surface area (Å²) < 4.78 is 0. The molecule has 0 aromatic heterocycles. The number of hydrogen-bond acceptors (Lipinski definition) is 2. The van der Waals surface area contributed by atoms with Crippen molar-refractivity contribution in [3.63, 3.8) is 0 Å². The highest BCUT2D eigenvalue weighted by Gasteiger charge is 2.00. The molecular weight excluding hydrogens is 214 g/mol. The summed E-state index contributed by atoms with van der Waals surface area (Å²) in [6, 6.07) is 6.79. The van der Waals surface area contributed by atoms with Crippen LogP contribution in [0, 0.1) is 0 Å². The molecule has 0 aliphatic rings. The van der Waals surface area contributed by atoms with Gasteiger partial charge in [0, 0.05) is 17.3 Å². The molecule has 1 rings (SSSR count). The maximum absolute atomic E-state index is 11.4. The lowest BCUT2D eigenvalue weighted by molar-refractivity contribution is -0.111. The first-order valence-corrected chi connectivity index (χ1v) is 5.35. The Bertz CT molecular complexity index is 456. The highest BCUT2D eigenvalue weighted by Crippen LogP contribution is 2.09. The van der Waals surface area contributed by atoms with Crippen LogP contribution < -0.4 is 5.32 Å². The van der Waals surface area contributed by atoms with Crippen molar-refractivity contribution in [3.05, 3.63) is 54.1 Å². The predicted molar refractivity (Wildman–Crippen MR) is 69.0 cm³/mol. The van der Waals surface area contributed by atoms with E-state index in [1.54, 1.807) is 36.4 Å². The summed E-state index contributed by atoms with van der Waals surface area (Å²) in [6.07, 6.45) is 6.72. The minimum atomic E-state index is -0.196. The first-order chi connectivity index (χ1) is 8.13. The number of benzene rings is 1. The van der Waals surface area contributed by atoms with Gasteiger partial charge in [-0.2, -0.15) is 0 Å². The van der Waals surface area contributed by atoms with Crippen LogP contribution in [0.3, 0.4) is 0 Å². The van der Waals surface area contributed by atoms with Gasteiger partial charge >= 0.3 is 0 Å². The first kappa shape index (κ1) is 12.9. The van der Waals surface area contributed by atoms with Crippen molar-refractivity contribution < 1.29 is 9.59 Å². The second-order valence-electron chi connectivity index (χ2n) is 3.51. The summed E-state index contributed by atoms with van der Waals surface area (Å²) in [6.45, 7) is 3.39. The smallest absolute Gasteiger partial charge is 0.248 e. The summed E-state index contributed by atoms with van der Waals surface area (Å²) in [5.41, 5.74) is 1.30. The van der Waals surface area contributed by atoms with Crippen LogP contribution in [0.25, 0.3) is 0 Å². The predicted octanol–water partition coefficient (Wildman–Crippen LogP) is 2.96. The Balaban J connectivity index is 2.63. The Morgan fingerprint density at radius 3 is 2.29 bits per heavy atom. The number of carbonyl (C=O) groups excluding carboxylic acids is 2. The molecule has 17 heavy (non-hydrogen) atoms. The van der Waals surface area contributed by atoms with Crippen LogP contribution in [-0.4, -0.2) is 11.7 Å². The van der Waals surface area contributed by atoms with E-state index in [-0.39, 0.29) is 11.7 Å². The molecule has 0 radical (unpaired) electrons. The Hall–Kier alpha value is -2.16. The van der Waals surface area contributed by atoms with Gasteiger partial charge < -0.3 is 5.32 Å². The number of ketones is 1. The third-order valence-electron chi connectivity index (χ3n) is 2.11. The summed E-state index contributed by atoms with van der Waals surface area (Å²) in [4.78, 5) is 22.5. The number of amides is 1. The van der Waals surface area contributed by atoms with E-state index in [9.17, 15) is 9.59 Å². The van der Waals surface area contributed by atoms with E-state index in [4.69, 9.17) is 0 Å². The van der Waals surface area contributed by atoms with E-state index in [1.165, 1.54) is 13.0 Å². The van der Waals surface area contributed by atoms with Gasteiger partial charge in [0.05, 0.1) is 0 Å². The number of nitrogens with one attached hydrogen (secondary N) is 1. The molecule has 0 saturated heterocycles. The molecule has 88 valence electrons. The van der Waals surface area contributed by atoms with Crippen LogP contribution in [0.15, 0.2) is 48.6 Å². The highest BCUT2D eigenvalue weighted by atomic mass is 16.1. The SMILES string of the molecule is C/C=C/C=C/C(=O)Nc1ccc(C(C)=O)cc1. The van der Waals surface area contributed by atoms with E-state index < -0.39 is 0 Å². The maximum Gasteiger partial charge on any atom is 0.248 e. The summed E-state index contributed by atoms with van der Waals surface area (Å²) in [7, 11) is 0. The van der Waals surface area contributed by atoms with Crippen LogP contribution in [0.1, 0.15) is 24.2 Å². The van der Waals surface area contributed by atoms with Crippen LogP contribution >= 0.6 is 0 Å². The molecule has 0 aliphatic carbocycles. The average molecular weight is 229 g/mol. The molecule has 0 fully saturated rings. The van der Waals surface area contributed by atoms with E-state index in [1.807, 2.05) is 13.0 Å². The van der Waals surface area contributed by atoms with Crippen molar-refractivity contribution in [2.75, 3.05) is 5.32 Å². The number of carbonyl (C=O) groups is 2. The van der Waals surface area contributed by atoms with Gasteiger partial charge in [-0.05, 0) is 38.1 Å². The van der Waals surface area contributed by atoms with Crippen molar-refractivity contribution in [1.82, 2.24) is 0 Å². The first-order valence-electron chi connectivity index (χ1n) is 5.35. The van der Waals surface area contributed by atoms with Gasteiger partial charge in [-0.15, -0.1) is 0 Å². The van der Waals surface area contributed by atoms with Crippen molar-refractivity contribution in [3.8, 4) is 0 Å². The molecule has 0 unspecified atom stereocenters. The van der Waals surface area contributed by atoms with Crippen molar-refractivity contribution in [2.24, 2.45) is 0 Å². The monoisotopic (exact) mass is 229 g/mol.